The highest BCUT2D eigenvalue weighted by Crippen LogP contribution is 2.19. The van der Waals surface area contributed by atoms with E-state index >= 15 is 0 Å². The largest absolute Gasteiger partial charge is 0.480 e. The summed E-state index contributed by atoms with van der Waals surface area (Å²) >= 11 is 1.50. The fraction of sp³-hybridized carbons (Fsp3) is 0.737. The van der Waals surface area contributed by atoms with E-state index in [9.17, 15) is 34.2 Å². The average molecular weight is 476 g/mol. The molecule has 0 bridgehead atoms. The summed E-state index contributed by atoms with van der Waals surface area (Å²) in [5.74, 6) is -3.39. The standard InChI is InChI=1S/C19H33N5O7S/c1-10(25)15(18(29)24-8-3-4-13(24)19(30)31)23-17(28)12(5-6-14(21)26)22-16(27)11(20)7-9-32-2/h10-13,15,25H,3-9,20H2,1-2H3,(H2,21,26)(H,22,27)(H,23,28)(H,30,31). The van der Waals surface area contributed by atoms with Gasteiger partial charge in [-0.25, -0.2) is 4.79 Å². The summed E-state index contributed by atoms with van der Waals surface area (Å²) in [4.78, 5) is 61.8. The van der Waals surface area contributed by atoms with Gasteiger partial charge in [0.1, 0.15) is 18.1 Å². The van der Waals surface area contributed by atoms with Crippen LogP contribution >= 0.6 is 11.8 Å². The number of primary amides is 1. The van der Waals surface area contributed by atoms with Gasteiger partial charge in [-0.2, -0.15) is 11.8 Å². The van der Waals surface area contributed by atoms with E-state index in [4.69, 9.17) is 11.5 Å². The van der Waals surface area contributed by atoms with E-state index in [1.165, 1.54) is 18.7 Å². The molecule has 5 unspecified atom stereocenters. The van der Waals surface area contributed by atoms with Crippen LogP contribution in [0.1, 0.15) is 39.0 Å². The number of carbonyl (C=O) groups is 5. The molecular formula is C19H33N5O7S. The second-order valence-electron chi connectivity index (χ2n) is 7.71. The quantitative estimate of drug-likeness (QED) is 0.170. The van der Waals surface area contributed by atoms with Crippen LogP contribution in [0.4, 0.5) is 0 Å². The number of aliphatic hydroxyl groups excluding tert-OH is 1. The second-order valence-corrected chi connectivity index (χ2v) is 8.69. The Bertz CT molecular complexity index is 706. The Hall–Kier alpha value is -2.38. The number of hydrogen-bond donors (Lipinski definition) is 6. The first-order valence-corrected chi connectivity index (χ1v) is 11.7. The average Bonchev–Trinajstić information content (AvgIpc) is 3.22. The number of carbonyl (C=O) groups excluding carboxylic acids is 4. The molecule has 0 radical (unpaired) electrons. The van der Waals surface area contributed by atoms with Crippen LogP contribution in [0.3, 0.4) is 0 Å². The number of thioether (sulfide) groups is 1. The first kappa shape index (κ1) is 27.7. The zero-order chi connectivity index (χ0) is 24.4. The lowest BCUT2D eigenvalue weighted by Crippen LogP contribution is -2.60. The van der Waals surface area contributed by atoms with Crippen LogP contribution < -0.4 is 22.1 Å². The Morgan fingerprint density at radius 2 is 1.81 bits per heavy atom. The number of carboxylic acids is 1. The fourth-order valence-electron chi connectivity index (χ4n) is 3.32. The van der Waals surface area contributed by atoms with Crippen LogP contribution in [0, 0.1) is 0 Å². The van der Waals surface area contributed by atoms with Gasteiger partial charge in [0.2, 0.25) is 23.6 Å². The minimum atomic E-state index is -1.43. The van der Waals surface area contributed by atoms with Crippen molar-refractivity contribution in [2.24, 2.45) is 11.5 Å². The number of likely N-dealkylation sites (tertiary alicyclic amines) is 1. The number of rotatable bonds is 13. The summed E-state index contributed by atoms with van der Waals surface area (Å²) < 4.78 is 0. The van der Waals surface area contributed by atoms with E-state index in [1.807, 2.05) is 6.26 Å². The van der Waals surface area contributed by atoms with Gasteiger partial charge >= 0.3 is 5.97 Å². The number of aliphatic hydroxyl groups is 1. The van der Waals surface area contributed by atoms with Crippen LogP contribution in [0.5, 0.6) is 0 Å². The molecule has 13 heteroatoms. The third-order valence-electron chi connectivity index (χ3n) is 5.15. The van der Waals surface area contributed by atoms with Crippen LogP contribution in [0.2, 0.25) is 0 Å². The van der Waals surface area contributed by atoms with Crippen molar-refractivity contribution in [3.8, 4) is 0 Å². The van der Waals surface area contributed by atoms with Crippen molar-refractivity contribution in [1.82, 2.24) is 15.5 Å². The van der Waals surface area contributed by atoms with Gasteiger partial charge in [-0.3, -0.25) is 19.2 Å². The van der Waals surface area contributed by atoms with Crippen molar-refractivity contribution in [3.63, 3.8) is 0 Å². The number of nitrogens with one attached hydrogen (secondary N) is 2. The van der Waals surface area contributed by atoms with E-state index in [1.54, 1.807) is 0 Å². The molecule has 4 amide bonds. The maximum Gasteiger partial charge on any atom is 0.326 e. The van der Waals surface area contributed by atoms with E-state index < -0.39 is 59.9 Å². The fourth-order valence-corrected chi connectivity index (χ4v) is 3.81. The molecule has 1 aliphatic rings. The Balaban J connectivity index is 2.95. The van der Waals surface area contributed by atoms with Gasteiger partial charge in [0.05, 0.1) is 12.1 Å². The Labute approximate surface area is 190 Å². The molecule has 0 aromatic carbocycles. The van der Waals surface area contributed by atoms with Crippen molar-refractivity contribution in [2.45, 2.75) is 69.3 Å². The zero-order valence-electron chi connectivity index (χ0n) is 18.3. The van der Waals surface area contributed by atoms with Gasteiger partial charge in [-0.05, 0) is 44.6 Å². The lowest BCUT2D eigenvalue weighted by atomic mass is 10.1. The maximum atomic E-state index is 12.9. The molecule has 32 heavy (non-hydrogen) atoms. The van der Waals surface area contributed by atoms with E-state index in [2.05, 4.69) is 10.6 Å². The number of carboxylic acid groups (broad SMARTS) is 1. The molecule has 1 saturated heterocycles. The number of nitrogens with two attached hydrogens (primary N) is 2. The number of hydrogen-bond acceptors (Lipinski definition) is 8. The molecule has 1 fully saturated rings. The first-order valence-electron chi connectivity index (χ1n) is 10.3. The van der Waals surface area contributed by atoms with Crippen molar-refractivity contribution >= 4 is 41.4 Å². The van der Waals surface area contributed by atoms with Crippen LogP contribution in [-0.4, -0.2) is 93.5 Å². The molecule has 1 rings (SSSR count). The van der Waals surface area contributed by atoms with Crippen molar-refractivity contribution in [2.75, 3.05) is 18.6 Å². The summed E-state index contributed by atoms with van der Waals surface area (Å²) in [6.07, 6.45) is 1.30. The van der Waals surface area contributed by atoms with Crippen LogP contribution in [0.15, 0.2) is 0 Å². The van der Waals surface area contributed by atoms with E-state index in [0.29, 0.717) is 18.6 Å². The smallest absolute Gasteiger partial charge is 0.326 e. The van der Waals surface area contributed by atoms with E-state index in [-0.39, 0.29) is 25.8 Å². The molecule has 12 nitrogen and oxygen atoms in total. The maximum absolute atomic E-state index is 12.9. The topological polar surface area (TPSA) is 205 Å². The highest BCUT2D eigenvalue weighted by Gasteiger charge is 2.40. The molecule has 0 saturated carbocycles. The van der Waals surface area contributed by atoms with E-state index in [0.717, 1.165) is 4.90 Å². The Morgan fingerprint density at radius 1 is 1.16 bits per heavy atom. The molecular weight excluding hydrogens is 442 g/mol. The molecule has 0 spiro atoms. The lowest BCUT2D eigenvalue weighted by molar-refractivity contribution is -0.150. The monoisotopic (exact) mass is 475 g/mol. The summed E-state index contributed by atoms with van der Waals surface area (Å²) in [5, 5.41) is 24.2. The zero-order valence-corrected chi connectivity index (χ0v) is 19.1. The van der Waals surface area contributed by atoms with Crippen LogP contribution in [-0.2, 0) is 24.0 Å². The second kappa shape index (κ2) is 13.2. The SMILES string of the molecule is CSCCC(N)C(=O)NC(CCC(N)=O)C(=O)NC(C(=O)N1CCCC1C(=O)O)C(C)O. The molecule has 1 heterocycles. The highest BCUT2D eigenvalue weighted by molar-refractivity contribution is 7.98. The normalized spacial score (nSPS) is 19.5. The highest BCUT2D eigenvalue weighted by atomic mass is 32.2. The van der Waals surface area contributed by atoms with Gasteiger partial charge in [-0.15, -0.1) is 0 Å². The van der Waals surface area contributed by atoms with Crippen LogP contribution in [0.25, 0.3) is 0 Å². The summed E-state index contributed by atoms with van der Waals surface area (Å²) in [6, 6.07) is -4.57. The molecule has 0 aromatic heterocycles. The van der Waals surface area contributed by atoms with Crippen molar-refractivity contribution in [1.29, 1.82) is 0 Å². The third kappa shape index (κ3) is 8.28. The molecule has 0 aromatic rings. The first-order chi connectivity index (χ1) is 15.0. The lowest BCUT2D eigenvalue weighted by Gasteiger charge is -2.30. The van der Waals surface area contributed by atoms with Gasteiger partial charge in [0.25, 0.3) is 0 Å². The molecule has 1 aliphatic heterocycles. The van der Waals surface area contributed by atoms with Gasteiger partial charge < -0.3 is 37.2 Å². The number of aliphatic carboxylic acids is 1. The predicted octanol–water partition coefficient (Wildman–Crippen LogP) is -2.24. The van der Waals surface area contributed by atoms with Gasteiger partial charge in [0, 0.05) is 13.0 Å². The number of amides is 4. The predicted molar refractivity (Wildman–Crippen MR) is 117 cm³/mol. The van der Waals surface area contributed by atoms with Gasteiger partial charge in [-0.1, -0.05) is 0 Å². The summed E-state index contributed by atoms with van der Waals surface area (Å²) in [5.41, 5.74) is 11.0. The molecule has 0 aliphatic carbocycles. The van der Waals surface area contributed by atoms with Gasteiger partial charge in [0.15, 0.2) is 0 Å². The number of nitrogens with zero attached hydrogens (tertiary/aromatic N) is 1. The van der Waals surface area contributed by atoms with Crippen molar-refractivity contribution in [3.05, 3.63) is 0 Å². The Morgan fingerprint density at radius 3 is 2.34 bits per heavy atom. The Kier molecular flexibility index (Phi) is 11.4. The molecule has 8 N–H and O–H groups in total. The summed E-state index contributed by atoms with van der Waals surface area (Å²) in [7, 11) is 0. The van der Waals surface area contributed by atoms with Crippen molar-refractivity contribution < 1.29 is 34.2 Å². The molecule has 182 valence electrons. The minimum absolute atomic E-state index is 0.135. The third-order valence-corrected chi connectivity index (χ3v) is 5.79. The minimum Gasteiger partial charge on any atom is -0.480 e. The summed E-state index contributed by atoms with van der Waals surface area (Å²) in [6.45, 7) is 1.46. The molecule has 5 atom stereocenters.